The summed E-state index contributed by atoms with van der Waals surface area (Å²) >= 11 is 7.23. The number of aromatic hydroxyl groups is 1. The van der Waals surface area contributed by atoms with Crippen LogP contribution in [0.3, 0.4) is 0 Å². The molecule has 0 saturated carbocycles. The summed E-state index contributed by atoms with van der Waals surface area (Å²) in [6, 6.07) is 8.86. The molecule has 2 aromatic heterocycles. The molecule has 31 heavy (non-hydrogen) atoms. The number of aromatic nitrogens is 2. The number of ether oxygens (including phenoxy) is 1. The normalized spacial score (nSPS) is 16.5. The maximum atomic E-state index is 10.3. The molecule has 1 unspecified atom stereocenters. The molecule has 0 radical (unpaired) electrons. The molecule has 0 aliphatic carbocycles. The number of allylic oxidation sites excluding steroid dienone is 1. The van der Waals surface area contributed by atoms with Gasteiger partial charge in [-0.2, -0.15) is 4.98 Å². The third-order valence-electron chi connectivity index (χ3n) is 5.27. The van der Waals surface area contributed by atoms with E-state index in [4.69, 9.17) is 21.5 Å². The van der Waals surface area contributed by atoms with Crippen molar-refractivity contribution in [3.8, 4) is 22.2 Å². The van der Waals surface area contributed by atoms with E-state index in [1.807, 2.05) is 30.5 Å². The van der Waals surface area contributed by atoms with Crippen LogP contribution >= 0.6 is 23.6 Å². The molecular weight excluding hydrogens is 432 g/mol. The Morgan fingerprint density at radius 2 is 2.19 bits per heavy atom. The molecule has 2 N–H and O–H groups in total. The summed E-state index contributed by atoms with van der Waals surface area (Å²) < 4.78 is 10.9. The lowest BCUT2D eigenvalue weighted by atomic mass is 9.94. The van der Waals surface area contributed by atoms with Crippen molar-refractivity contribution < 1.29 is 14.4 Å². The quantitative estimate of drug-likeness (QED) is 0.482. The highest BCUT2D eigenvalue weighted by Crippen LogP contribution is 2.40. The molecule has 0 amide bonds. The van der Waals surface area contributed by atoms with Crippen molar-refractivity contribution in [3.63, 3.8) is 0 Å². The summed E-state index contributed by atoms with van der Waals surface area (Å²) in [6.45, 7) is 4.96. The average Bonchev–Trinajstić information content (AvgIpc) is 3.45. The SMILES string of the molecule is CCCCN1C(=S)NC(c2ccc(OC)c(O)c2)C(c2nc(-c3cccs3)no2)=C1C. The first kappa shape index (κ1) is 21.3. The zero-order chi connectivity index (χ0) is 22.0. The Kier molecular flexibility index (Phi) is 6.24. The fourth-order valence-corrected chi connectivity index (χ4v) is 4.61. The fourth-order valence-electron chi connectivity index (χ4n) is 3.62. The highest BCUT2D eigenvalue weighted by atomic mass is 32.1. The number of thiocarbonyl (C=S) groups is 1. The lowest BCUT2D eigenvalue weighted by Crippen LogP contribution is -2.46. The van der Waals surface area contributed by atoms with Gasteiger partial charge in [-0.05, 0) is 54.7 Å². The molecular formula is C22H24N4O3S2. The summed E-state index contributed by atoms with van der Waals surface area (Å²) in [7, 11) is 1.52. The Morgan fingerprint density at radius 1 is 1.35 bits per heavy atom. The number of nitrogens with one attached hydrogen (secondary N) is 1. The number of thiophene rings is 1. The summed E-state index contributed by atoms with van der Waals surface area (Å²) in [5.74, 6) is 1.45. The fraction of sp³-hybridized carbons (Fsp3) is 0.318. The molecule has 0 spiro atoms. The molecule has 9 heteroatoms. The van der Waals surface area contributed by atoms with Crippen LogP contribution in [0.4, 0.5) is 0 Å². The van der Waals surface area contributed by atoms with Gasteiger partial charge in [0.2, 0.25) is 5.82 Å². The number of hydrogen-bond acceptors (Lipinski definition) is 7. The zero-order valence-electron chi connectivity index (χ0n) is 17.6. The summed E-state index contributed by atoms with van der Waals surface area (Å²) in [6.07, 6.45) is 2.06. The van der Waals surface area contributed by atoms with E-state index in [0.29, 0.717) is 22.6 Å². The first-order chi connectivity index (χ1) is 15.0. The van der Waals surface area contributed by atoms with Gasteiger partial charge in [-0.15, -0.1) is 11.3 Å². The highest BCUT2D eigenvalue weighted by Gasteiger charge is 2.34. The summed E-state index contributed by atoms with van der Waals surface area (Å²) in [4.78, 5) is 7.69. The van der Waals surface area contributed by atoms with Crippen LogP contribution in [0.25, 0.3) is 16.3 Å². The van der Waals surface area contributed by atoms with Crippen LogP contribution in [0.5, 0.6) is 11.5 Å². The number of methoxy groups -OCH3 is 1. The monoisotopic (exact) mass is 456 g/mol. The van der Waals surface area contributed by atoms with E-state index in [1.54, 1.807) is 23.5 Å². The molecule has 4 rings (SSSR count). The summed E-state index contributed by atoms with van der Waals surface area (Å²) in [5, 5.41) is 20.5. The van der Waals surface area contributed by atoms with Gasteiger partial charge in [0.1, 0.15) is 0 Å². The van der Waals surface area contributed by atoms with Gasteiger partial charge in [-0.1, -0.05) is 30.6 Å². The number of phenolic OH excluding ortho intramolecular Hbond substituents is 1. The molecule has 1 aliphatic heterocycles. The lowest BCUT2D eigenvalue weighted by Gasteiger charge is -2.37. The van der Waals surface area contributed by atoms with E-state index >= 15 is 0 Å². The molecule has 3 aromatic rings. The molecule has 1 aliphatic rings. The van der Waals surface area contributed by atoms with Gasteiger partial charge in [-0.3, -0.25) is 0 Å². The topological polar surface area (TPSA) is 83.7 Å². The minimum absolute atomic E-state index is 0.0583. The van der Waals surface area contributed by atoms with Crippen molar-refractivity contribution in [2.24, 2.45) is 0 Å². The number of phenols is 1. The Labute approximate surface area is 190 Å². The lowest BCUT2D eigenvalue weighted by molar-refractivity contribution is 0.372. The number of unbranched alkanes of at least 4 members (excludes halogenated alkanes) is 1. The predicted octanol–water partition coefficient (Wildman–Crippen LogP) is 4.97. The van der Waals surface area contributed by atoms with Crippen LogP contribution in [-0.4, -0.2) is 38.9 Å². The Balaban J connectivity index is 1.80. The van der Waals surface area contributed by atoms with Gasteiger partial charge in [-0.25, -0.2) is 0 Å². The molecule has 0 saturated heterocycles. The number of benzene rings is 1. The molecule has 0 bridgehead atoms. The average molecular weight is 457 g/mol. The maximum Gasteiger partial charge on any atom is 0.258 e. The van der Waals surface area contributed by atoms with Gasteiger partial charge in [0.15, 0.2) is 16.6 Å². The zero-order valence-corrected chi connectivity index (χ0v) is 19.2. The maximum absolute atomic E-state index is 10.3. The molecule has 162 valence electrons. The van der Waals surface area contributed by atoms with Crippen molar-refractivity contribution in [1.29, 1.82) is 0 Å². The molecule has 1 aromatic carbocycles. The number of nitrogens with zero attached hydrogens (tertiary/aromatic N) is 3. The van der Waals surface area contributed by atoms with Crippen LogP contribution in [-0.2, 0) is 0 Å². The molecule has 0 fully saturated rings. The first-order valence-electron chi connectivity index (χ1n) is 10.1. The Morgan fingerprint density at radius 3 is 2.87 bits per heavy atom. The Bertz CT molecular complexity index is 1110. The molecule has 7 nitrogen and oxygen atoms in total. The van der Waals surface area contributed by atoms with Crippen LogP contribution in [0.15, 0.2) is 45.9 Å². The van der Waals surface area contributed by atoms with Gasteiger partial charge in [0.25, 0.3) is 5.89 Å². The number of rotatable bonds is 7. The number of hydrogen-bond donors (Lipinski definition) is 2. The second kappa shape index (κ2) is 9.07. The van der Waals surface area contributed by atoms with Gasteiger partial charge in [0.05, 0.1) is 23.6 Å². The van der Waals surface area contributed by atoms with E-state index in [-0.39, 0.29) is 11.8 Å². The second-order valence-corrected chi connectivity index (χ2v) is 8.55. The van der Waals surface area contributed by atoms with Crippen molar-refractivity contribution in [2.75, 3.05) is 13.7 Å². The highest BCUT2D eigenvalue weighted by molar-refractivity contribution is 7.80. The Hall–Kier alpha value is -2.91. The third-order valence-corrected chi connectivity index (χ3v) is 6.47. The van der Waals surface area contributed by atoms with Gasteiger partial charge in [0, 0.05) is 12.2 Å². The van der Waals surface area contributed by atoms with Gasteiger partial charge < -0.3 is 24.6 Å². The standard InChI is InChI=1S/C22H24N4O3S2/c1-4-5-10-26-13(2)18(21-24-20(25-29-21)17-7-6-11-31-17)19(23-22(26)30)14-8-9-16(28-3)15(27)12-14/h6-9,11-12,19,27H,4-5,10H2,1-3H3,(H,23,30). The third kappa shape index (κ3) is 4.15. The second-order valence-electron chi connectivity index (χ2n) is 7.22. The van der Waals surface area contributed by atoms with Crippen molar-refractivity contribution in [1.82, 2.24) is 20.4 Å². The van der Waals surface area contributed by atoms with Crippen molar-refractivity contribution in [2.45, 2.75) is 32.7 Å². The van der Waals surface area contributed by atoms with E-state index in [2.05, 4.69) is 27.3 Å². The predicted molar refractivity (Wildman–Crippen MR) is 125 cm³/mol. The van der Waals surface area contributed by atoms with Crippen LogP contribution in [0.2, 0.25) is 0 Å². The smallest absolute Gasteiger partial charge is 0.258 e. The van der Waals surface area contributed by atoms with Crippen LogP contribution < -0.4 is 10.1 Å². The minimum atomic E-state index is -0.348. The van der Waals surface area contributed by atoms with Crippen molar-refractivity contribution >= 4 is 34.2 Å². The van der Waals surface area contributed by atoms with E-state index in [0.717, 1.165) is 41.1 Å². The molecule has 3 heterocycles. The van der Waals surface area contributed by atoms with Gasteiger partial charge >= 0.3 is 0 Å². The van der Waals surface area contributed by atoms with E-state index in [9.17, 15) is 5.11 Å². The minimum Gasteiger partial charge on any atom is -0.504 e. The molecule has 1 atom stereocenters. The van der Waals surface area contributed by atoms with E-state index < -0.39 is 0 Å². The summed E-state index contributed by atoms with van der Waals surface area (Å²) in [5.41, 5.74) is 2.62. The largest absolute Gasteiger partial charge is 0.504 e. The first-order valence-corrected chi connectivity index (χ1v) is 11.4. The van der Waals surface area contributed by atoms with Crippen LogP contribution in [0.1, 0.15) is 44.2 Å². The van der Waals surface area contributed by atoms with Crippen molar-refractivity contribution in [3.05, 3.63) is 52.9 Å². The van der Waals surface area contributed by atoms with Crippen LogP contribution in [0, 0.1) is 0 Å². The van der Waals surface area contributed by atoms with E-state index in [1.165, 1.54) is 7.11 Å².